The van der Waals surface area contributed by atoms with E-state index in [2.05, 4.69) is 25.8 Å². The molecule has 4 rings (SSSR count). The van der Waals surface area contributed by atoms with Crippen LogP contribution in [-0.2, 0) is 10.0 Å². The molecule has 1 aromatic carbocycles. The monoisotopic (exact) mass is 459 g/mol. The van der Waals surface area contributed by atoms with Crippen LogP contribution in [0.5, 0.6) is 5.75 Å². The first-order valence-corrected chi connectivity index (χ1v) is 12.9. The van der Waals surface area contributed by atoms with Crippen molar-refractivity contribution in [3.63, 3.8) is 0 Å². The first-order chi connectivity index (χ1) is 15.4. The van der Waals surface area contributed by atoms with Gasteiger partial charge < -0.3 is 14.5 Å². The maximum absolute atomic E-state index is 13.2. The van der Waals surface area contributed by atoms with Crippen LogP contribution in [0.3, 0.4) is 0 Å². The lowest BCUT2D eigenvalue weighted by Crippen LogP contribution is -2.49. The lowest BCUT2D eigenvalue weighted by Gasteiger charge is -2.35. The number of aryl methyl sites for hydroxylation is 2. The molecule has 1 aromatic heterocycles. The molecule has 32 heavy (non-hydrogen) atoms. The van der Waals surface area contributed by atoms with Crippen LogP contribution in [0.4, 0.5) is 11.6 Å². The van der Waals surface area contributed by atoms with Gasteiger partial charge in [-0.05, 0) is 63.8 Å². The van der Waals surface area contributed by atoms with Crippen LogP contribution in [0.25, 0.3) is 0 Å². The molecule has 9 heteroatoms. The van der Waals surface area contributed by atoms with Gasteiger partial charge in [-0.25, -0.2) is 18.4 Å². The van der Waals surface area contributed by atoms with Crippen molar-refractivity contribution in [2.45, 2.75) is 44.9 Å². The van der Waals surface area contributed by atoms with Crippen LogP contribution in [0, 0.1) is 13.8 Å². The van der Waals surface area contributed by atoms with Gasteiger partial charge in [-0.2, -0.15) is 4.31 Å². The highest BCUT2D eigenvalue weighted by Gasteiger charge is 2.30. The average Bonchev–Trinajstić information content (AvgIpc) is 2.81. The highest BCUT2D eigenvalue weighted by Crippen LogP contribution is 2.27. The van der Waals surface area contributed by atoms with Crippen LogP contribution in [-0.4, -0.2) is 68.6 Å². The Labute approximate surface area is 191 Å². The third-order valence-corrected chi connectivity index (χ3v) is 8.03. The number of hydrogen-bond acceptors (Lipinski definition) is 7. The lowest BCUT2D eigenvalue weighted by molar-refractivity contribution is 0.337. The molecule has 2 saturated heterocycles. The predicted octanol–water partition coefficient (Wildman–Crippen LogP) is 2.99. The fourth-order valence-corrected chi connectivity index (χ4v) is 5.90. The van der Waals surface area contributed by atoms with E-state index in [0.29, 0.717) is 37.7 Å². The SMILES string of the molecule is CCOc1ccc(S(=O)(=O)N2CCN(c3cc(N4CCCCC4)nc(C)n3)CC2)cc1C. The van der Waals surface area contributed by atoms with E-state index in [1.807, 2.05) is 20.8 Å². The van der Waals surface area contributed by atoms with Crippen LogP contribution in [0.2, 0.25) is 0 Å². The molecule has 2 aromatic rings. The average molecular weight is 460 g/mol. The summed E-state index contributed by atoms with van der Waals surface area (Å²) < 4.78 is 33.5. The van der Waals surface area contributed by atoms with E-state index in [0.717, 1.165) is 41.9 Å². The molecule has 2 aliphatic rings. The molecule has 0 amide bonds. The van der Waals surface area contributed by atoms with Crippen molar-refractivity contribution in [3.8, 4) is 5.75 Å². The van der Waals surface area contributed by atoms with E-state index in [4.69, 9.17) is 4.74 Å². The molecule has 0 radical (unpaired) electrons. The minimum atomic E-state index is -3.55. The number of sulfonamides is 1. The van der Waals surface area contributed by atoms with E-state index in [-0.39, 0.29) is 0 Å². The number of piperidine rings is 1. The molecular weight excluding hydrogens is 426 g/mol. The molecule has 3 heterocycles. The number of anilines is 2. The fraction of sp³-hybridized carbons (Fsp3) is 0.565. The highest BCUT2D eigenvalue weighted by molar-refractivity contribution is 7.89. The topological polar surface area (TPSA) is 78.9 Å². The number of piperazine rings is 1. The first kappa shape index (κ1) is 22.8. The van der Waals surface area contributed by atoms with Crippen LogP contribution >= 0.6 is 0 Å². The van der Waals surface area contributed by atoms with Crippen LogP contribution in [0.1, 0.15) is 37.6 Å². The molecule has 0 spiro atoms. The predicted molar refractivity (Wildman–Crippen MR) is 126 cm³/mol. The van der Waals surface area contributed by atoms with Gasteiger partial charge in [0.25, 0.3) is 0 Å². The summed E-state index contributed by atoms with van der Waals surface area (Å²) in [6.45, 7) is 10.4. The van der Waals surface area contributed by atoms with Gasteiger partial charge in [-0.1, -0.05) is 0 Å². The third-order valence-electron chi connectivity index (χ3n) is 6.14. The zero-order valence-electron chi connectivity index (χ0n) is 19.2. The summed E-state index contributed by atoms with van der Waals surface area (Å²) in [6, 6.07) is 7.13. The van der Waals surface area contributed by atoms with Crippen molar-refractivity contribution in [2.24, 2.45) is 0 Å². The van der Waals surface area contributed by atoms with E-state index in [1.54, 1.807) is 22.5 Å². The Hall–Kier alpha value is -2.39. The second kappa shape index (κ2) is 9.62. The van der Waals surface area contributed by atoms with Crippen molar-refractivity contribution in [2.75, 3.05) is 55.7 Å². The summed E-state index contributed by atoms with van der Waals surface area (Å²) in [5, 5.41) is 0. The standard InChI is InChI=1S/C23H33N5O3S/c1-4-31-21-9-8-20(16-18(21)2)32(29,30)28-14-12-27(13-15-28)23-17-22(24-19(3)25-23)26-10-6-5-7-11-26/h8-9,16-17H,4-7,10-15H2,1-3H3. The van der Waals surface area contributed by atoms with Crippen molar-refractivity contribution >= 4 is 21.7 Å². The Balaban J connectivity index is 1.46. The third kappa shape index (κ3) is 4.83. The van der Waals surface area contributed by atoms with Crippen molar-refractivity contribution in [1.82, 2.24) is 14.3 Å². The maximum atomic E-state index is 13.2. The molecule has 0 unspecified atom stereocenters. The number of nitrogens with zero attached hydrogens (tertiary/aromatic N) is 5. The minimum absolute atomic E-state index is 0.317. The molecule has 8 nitrogen and oxygen atoms in total. The molecule has 174 valence electrons. The van der Waals surface area contributed by atoms with Crippen molar-refractivity contribution < 1.29 is 13.2 Å². The summed E-state index contributed by atoms with van der Waals surface area (Å²) in [5.41, 5.74) is 0.827. The Morgan fingerprint density at radius 2 is 1.50 bits per heavy atom. The van der Waals surface area contributed by atoms with E-state index < -0.39 is 10.0 Å². The summed E-state index contributed by atoms with van der Waals surface area (Å²) in [4.78, 5) is 14.1. The number of aromatic nitrogens is 2. The Morgan fingerprint density at radius 1 is 0.875 bits per heavy atom. The zero-order valence-corrected chi connectivity index (χ0v) is 20.1. The highest BCUT2D eigenvalue weighted by atomic mass is 32.2. The molecule has 0 aliphatic carbocycles. The second-order valence-electron chi connectivity index (χ2n) is 8.43. The fourth-order valence-electron chi connectivity index (χ4n) is 4.39. The summed E-state index contributed by atoms with van der Waals surface area (Å²) in [5.74, 6) is 3.34. The van der Waals surface area contributed by atoms with Gasteiger partial charge in [0.15, 0.2) is 0 Å². The van der Waals surface area contributed by atoms with E-state index in [1.165, 1.54) is 19.3 Å². The van der Waals surface area contributed by atoms with Crippen molar-refractivity contribution in [1.29, 1.82) is 0 Å². The van der Waals surface area contributed by atoms with Gasteiger partial charge in [0, 0.05) is 45.3 Å². The molecule has 0 N–H and O–H groups in total. The van der Waals surface area contributed by atoms with E-state index >= 15 is 0 Å². The van der Waals surface area contributed by atoms with E-state index in [9.17, 15) is 8.42 Å². The Bertz CT molecular complexity index is 1050. The smallest absolute Gasteiger partial charge is 0.243 e. The largest absolute Gasteiger partial charge is 0.494 e. The van der Waals surface area contributed by atoms with Crippen LogP contribution < -0.4 is 14.5 Å². The maximum Gasteiger partial charge on any atom is 0.243 e. The van der Waals surface area contributed by atoms with Gasteiger partial charge in [0.2, 0.25) is 10.0 Å². The molecule has 2 fully saturated rings. The molecule has 0 atom stereocenters. The minimum Gasteiger partial charge on any atom is -0.494 e. The Kier molecular flexibility index (Phi) is 6.85. The number of ether oxygens (including phenoxy) is 1. The number of benzene rings is 1. The molecule has 2 aliphatic heterocycles. The summed E-state index contributed by atoms with van der Waals surface area (Å²) in [6.07, 6.45) is 3.66. The van der Waals surface area contributed by atoms with Gasteiger partial charge in [-0.15, -0.1) is 0 Å². The van der Waals surface area contributed by atoms with Crippen molar-refractivity contribution in [3.05, 3.63) is 35.7 Å². The zero-order chi connectivity index (χ0) is 22.7. The molecular formula is C23H33N5O3S. The second-order valence-corrected chi connectivity index (χ2v) is 10.4. The van der Waals surface area contributed by atoms with Gasteiger partial charge in [0.1, 0.15) is 23.2 Å². The van der Waals surface area contributed by atoms with Gasteiger partial charge in [0.05, 0.1) is 11.5 Å². The molecule has 0 saturated carbocycles. The number of hydrogen-bond donors (Lipinski definition) is 0. The number of rotatable bonds is 6. The quantitative estimate of drug-likeness (QED) is 0.657. The first-order valence-electron chi connectivity index (χ1n) is 11.5. The Morgan fingerprint density at radius 3 is 2.09 bits per heavy atom. The normalized spacial score (nSPS) is 18.1. The summed E-state index contributed by atoms with van der Waals surface area (Å²) in [7, 11) is -3.55. The lowest BCUT2D eigenvalue weighted by atomic mass is 10.1. The van der Waals surface area contributed by atoms with Gasteiger partial charge in [-0.3, -0.25) is 0 Å². The summed E-state index contributed by atoms with van der Waals surface area (Å²) >= 11 is 0. The van der Waals surface area contributed by atoms with Crippen LogP contribution in [0.15, 0.2) is 29.2 Å². The van der Waals surface area contributed by atoms with Gasteiger partial charge >= 0.3 is 0 Å². The molecule has 0 bridgehead atoms.